The lowest BCUT2D eigenvalue weighted by Gasteiger charge is -2.37. The van der Waals surface area contributed by atoms with E-state index < -0.39 is 23.6 Å². The molecule has 1 aliphatic heterocycles. The van der Waals surface area contributed by atoms with Gasteiger partial charge in [0.2, 0.25) is 17.7 Å². The summed E-state index contributed by atoms with van der Waals surface area (Å²) in [6, 6.07) is 34.9. The number of oxazole rings is 1. The van der Waals surface area contributed by atoms with Gasteiger partial charge in [-0.15, -0.1) is 0 Å². The van der Waals surface area contributed by atoms with Gasteiger partial charge < -0.3 is 24.3 Å². The number of anilines is 1. The predicted molar refractivity (Wildman–Crippen MR) is 200 cm³/mol. The highest BCUT2D eigenvalue weighted by atomic mass is 32.1. The zero-order chi connectivity index (χ0) is 36.3. The Labute approximate surface area is 308 Å². The minimum atomic E-state index is -0.745. The number of benzene rings is 4. The topological polar surface area (TPSA) is 143 Å². The summed E-state index contributed by atoms with van der Waals surface area (Å²) in [4.78, 5) is 28.7. The number of nitrogens with one attached hydrogen (secondary N) is 2. The fraction of sp³-hybridized carbons (Fsp3) is 0.293. The Bertz CT molecular complexity index is 1830. The minimum Gasteiger partial charge on any atom is -0.439 e. The van der Waals surface area contributed by atoms with Gasteiger partial charge in [-0.1, -0.05) is 110 Å². The van der Waals surface area contributed by atoms with Crippen molar-refractivity contribution in [3.05, 3.63) is 132 Å². The Morgan fingerprint density at radius 2 is 1.38 bits per heavy atom. The lowest BCUT2D eigenvalue weighted by molar-refractivity contribution is -0.251. The van der Waals surface area contributed by atoms with Gasteiger partial charge in [0.15, 0.2) is 12.1 Å². The SMILES string of the molecule is O=C(CCCCCCC(=O)Nc1ccc([C@@H]2O[C@H](c3ccc(CO)cc3)C[C@H](C(S)c3nc(-c4ccccc4)c(-c4ccccc4)o3)O2)cc1)NO. The fourth-order valence-electron chi connectivity index (χ4n) is 6.20. The van der Waals surface area contributed by atoms with Crippen LogP contribution in [0.25, 0.3) is 22.6 Å². The average molecular weight is 722 g/mol. The molecular weight excluding hydrogens is 679 g/mol. The Hall–Kier alpha value is -4.78. The third-order valence-corrected chi connectivity index (χ3v) is 9.60. The van der Waals surface area contributed by atoms with Crippen LogP contribution in [0.2, 0.25) is 0 Å². The molecule has 1 aromatic heterocycles. The summed E-state index contributed by atoms with van der Waals surface area (Å²) in [5, 5.41) is 20.6. The van der Waals surface area contributed by atoms with Gasteiger partial charge in [0.25, 0.3) is 0 Å². The van der Waals surface area contributed by atoms with E-state index in [4.69, 9.17) is 36.7 Å². The number of hydroxylamine groups is 1. The van der Waals surface area contributed by atoms with Crippen molar-refractivity contribution in [2.24, 2.45) is 0 Å². The van der Waals surface area contributed by atoms with Crippen LogP contribution in [0.1, 0.15) is 85.2 Å². The molecule has 1 unspecified atom stereocenters. The van der Waals surface area contributed by atoms with Crippen molar-refractivity contribution in [3.63, 3.8) is 0 Å². The first-order chi connectivity index (χ1) is 25.4. The van der Waals surface area contributed by atoms with E-state index in [-0.39, 0.29) is 25.0 Å². The standard InChI is InChI=1S/C41H43N3O7S/c45-26-27-17-19-28(20-18-27)33-25-34(39(52)40-43-37(29-11-5-3-6-12-29)38(51-40)30-13-7-4-8-14-30)50-41(49-33)31-21-23-32(24-22-31)42-35(46)15-9-1-2-10-16-36(47)44-48/h3-8,11-14,17-24,33-34,39,41,45,48,52H,1-2,9-10,15-16,25-26H2,(H,42,46)(H,44,47)/t33-,34+,39?,41+/m0/s1. The summed E-state index contributed by atoms with van der Waals surface area (Å²) in [6.07, 6.45) is 2.54. The Morgan fingerprint density at radius 3 is 2.02 bits per heavy atom. The lowest BCUT2D eigenvalue weighted by Crippen LogP contribution is -2.32. The van der Waals surface area contributed by atoms with E-state index in [0.29, 0.717) is 43.0 Å². The molecular formula is C41H43N3O7S. The second kappa shape index (κ2) is 18.1. The van der Waals surface area contributed by atoms with Gasteiger partial charge >= 0.3 is 0 Å². The number of amides is 2. The van der Waals surface area contributed by atoms with E-state index in [1.165, 1.54) is 0 Å². The number of aliphatic hydroxyl groups excluding tert-OH is 1. The first kappa shape index (κ1) is 37.0. The van der Waals surface area contributed by atoms with Crippen LogP contribution < -0.4 is 10.8 Å². The van der Waals surface area contributed by atoms with Gasteiger partial charge in [0.1, 0.15) is 10.9 Å². The van der Waals surface area contributed by atoms with Gasteiger partial charge in [-0.25, -0.2) is 10.5 Å². The number of unbranched alkanes of at least 4 members (excludes halogenated alkanes) is 3. The molecule has 0 aliphatic carbocycles. The maximum Gasteiger partial charge on any atom is 0.243 e. The molecule has 6 rings (SSSR count). The summed E-state index contributed by atoms with van der Waals surface area (Å²) >= 11 is 5.05. The molecule has 2 heterocycles. The largest absolute Gasteiger partial charge is 0.439 e. The molecule has 4 N–H and O–H groups in total. The molecule has 1 fully saturated rings. The summed E-state index contributed by atoms with van der Waals surface area (Å²) in [5.41, 5.74) is 7.38. The Kier molecular flexibility index (Phi) is 12.9. The quantitative estimate of drug-likeness (QED) is 0.0314. The third-order valence-electron chi connectivity index (χ3n) is 9.05. The van der Waals surface area contributed by atoms with Crippen molar-refractivity contribution < 1.29 is 33.8 Å². The van der Waals surface area contributed by atoms with E-state index in [2.05, 4.69) is 5.32 Å². The lowest BCUT2D eigenvalue weighted by atomic mass is 9.98. The molecule has 0 spiro atoms. The number of aliphatic hydroxyl groups is 1. The van der Waals surface area contributed by atoms with Crippen LogP contribution >= 0.6 is 12.6 Å². The van der Waals surface area contributed by atoms with Gasteiger partial charge in [0, 0.05) is 41.6 Å². The van der Waals surface area contributed by atoms with Crippen LogP contribution in [0.4, 0.5) is 5.69 Å². The maximum atomic E-state index is 12.6. The molecule has 11 heteroatoms. The Balaban J connectivity index is 1.18. The molecule has 10 nitrogen and oxygen atoms in total. The number of carbonyl (C=O) groups excluding carboxylic acids is 2. The molecule has 1 aliphatic rings. The zero-order valence-corrected chi connectivity index (χ0v) is 29.6. The molecule has 2 amide bonds. The van der Waals surface area contributed by atoms with E-state index in [1.54, 1.807) is 5.48 Å². The van der Waals surface area contributed by atoms with E-state index in [0.717, 1.165) is 46.4 Å². The van der Waals surface area contributed by atoms with Crippen molar-refractivity contribution in [2.75, 3.05) is 5.32 Å². The molecule has 1 saturated heterocycles. The smallest absolute Gasteiger partial charge is 0.243 e. The van der Waals surface area contributed by atoms with Gasteiger partial charge in [-0.3, -0.25) is 14.8 Å². The van der Waals surface area contributed by atoms with Gasteiger partial charge in [0.05, 0.1) is 18.8 Å². The molecule has 5 aromatic rings. The van der Waals surface area contributed by atoms with Crippen LogP contribution in [-0.2, 0) is 25.7 Å². The first-order valence-electron chi connectivity index (χ1n) is 17.5. The summed E-state index contributed by atoms with van der Waals surface area (Å²) in [6.45, 7) is -0.0507. The third kappa shape index (κ3) is 9.55. The number of nitrogens with zero attached hydrogens (tertiary/aromatic N) is 1. The van der Waals surface area contributed by atoms with Crippen LogP contribution in [0, 0.1) is 0 Å². The maximum absolute atomic E-state index is 12.6. The van der Waals surface area contributed by atoms with Crippen molar-refractivity contribution in [3.8, 4) is 22.6 Å². The number of aromatic nitrogens is 1. The Morgan fingerprint density at radius 1 is 0.769 bits per heavy atom. The van der Waals surface area contributed by atoms with Gasteiger partial charge in [-0.05, 0) is 36.1 Å². The van der Waals surface area contributed by atoms with Crippen molar-refractivity contribution >= 4 is 30.1 Å². The molecule has 4 atom stereocenters. The van der Waals surface area contributed by atoms with Crippen molar-refractivity contribution in [1.82, 2.24) is 10.5 Å². The van der Waals surface area contributed by atoms with E-state index >= 15 is 0 Å². The average Bonchev–Trinajstić information content (AvgIpc) is 3.65. The van der Waals surface area contributed by atoms with Crippen LogP contribution in [0.5, 0.6) is 0 Å². The molecule has 0 radical (unpaired) electrons. The van der Waals surface area contributed by atoms with E-state index in [9.17, 15) is 14.7 Å². The zero-order valence-electron chi connectivity index (χ0n) is 28.7. The van der Waals surface area contributed by atoms with E-state index in [1.807, 2.05) is 109 Å². The normalized spacial score (nSPS) is 17.7. The monoisotopic (exact) mass is 721 g/mol. The number of hydrogen-bond acceptors (Lipinski definition) is 9. The molecule has 52 heavy (non-hydrogen) atoms. The molecule has 0 saturated carbocycles. The van der Waals surface area contributed by atoms with Crippen molar-refractivity contribution in [2.45, 2.75) is 75.3 Å². The highest BCUT2D eigenvalue weighted by Crippen LogP contribution is 2.45. The van der Waals surface area contributed by atoms with Crippen LogP contribution in [0.3, 0.4) is 0 Å². The van der Waals surface area contributed by atoms with Crippen LogP contribution in [0.15, 0.2) is 114 Å². The van der Waals surface area contributed by atoms with Crippen LogP contribution in [-0.4, -0.2) is 33.2 Å². The fourth-order valence-corrected chi connectivity index (χ4v) is 6.50. The van der Waals surface area contributed by atoms with Crippen molar-refractivity contribution in [1.29, 1.82) is 0 Å². The van der Waals surface area contributed by atoms with Gasteiger partial charge in [-0.2, -0.15) is 12.6 Å². The second-order valence-electron chi connectivity index (χ2n) is 12.8. The first-order valence-corrected chi connectivity index (χ1v) is 18.1. The number of hydrogen-bond donors (Lipinski definition) is 5. The number of ether oxygens (including phenoxy) is 2. The molecule has 4 aromatic carbocycles. The number of carbonyl (C=O) groups is 2. The number of thiol groups is 1. The molecule has 0 bridgehead atoms. The number of rotatable bonds is 15. The highest BCUT2D eigenvalue weighted by Gasteiger charge is 2.38. The molecule has 270 valence electrons. The second-order valence-corrected chi connectivity index (χ2v) is 13.3. The summed E-state index contributed by atoms with van der Waals surface area (Å²) in [5.74, 6) is 0.606. The highest BCUT2D eigenvalue weighted by molar-refractivity contribution is 7.80. The minimum absolute atomic E-state index is 0.0507. The predicted octanol–water partition coefficient (Wildman–Crippen LogP) is 8.50. The summed E-state index contributed by atoms with van der Waals surface area (Å²) < 4.78 is 19.7. The summed E-state index contributed by atoms with van der Waals surface area (Å²) in [7, 11) is 0.